The summed E-state index contributed by atoms with van der Waals surface area (Å²) in [5.74, 6) is -0.461. The SMILES string of the molecule is CN(CCCc1cc(-c2ccc(F)cc2)n[nH]1)C(=O)C1(c2ccc(F)cc2)CC1. The number of carbonyl (C=O) groups is 1. The summed E-state index contributed by atoms with van der Waals surface area (Å²) < 4.78 is 26.2. The third-order valence-corrected chi connectivity index (χ3v) is 5.61. The maximum absolute atomic E-state index is 13.2. The van der Waals surface area contributed by atoms with E-state index < -0.39 is 5.41 Å². The van der Waals surface area contributed by atoms with Crippen molar-refractivity contribution in [3.8, 4) is 11.3 Å². The Morgan fingerprint density at radius 3 is 2.31 bits per heavy atom. The number of aromatic amines is 1. The molecule has 150 valence electrons. The summed E-state index contributed by atoms with van der Waals surface area (Å²) in [7, 11) is 1.82. The fourth-order valence-electron chi connectivity index (χ4n) is 3.75. The summed E-state index contributed by atoms with van der Waals surface area (Å²) in [5, 5.41) is 7.30. The number of nitrogens with zero attached hydrogens (tertiary/aromatic N) is 2. The molecule has 4 rings (SSSR count). The Bertz CT molecular complexity index is 992. The molecular formula is C23H23F2N3O. The van der Waals surface area contributed by atoms with Crippen molar-refractivity contribution in [1.29, 1.82) is 0 Å². The van der Waals surface area contributed by atoms with E-state index in [0.29, 0.717) is 6.54 Å². The van der Waals surface area contributed by atoms with Crippen LogP contribution in [0.4, 0.5) is 8.78 Å². The van der Waals surface area contributed by atoms with Crippen molar-refractivity contribution in [1.82, 2.24) is 15.1 Å². The number of rotatable bonds is 7. The number of halogens is 2. The van der Waals surface area contributed by atoms with Gasteiger partial charge in [-0.3, -0.25) is 9.89 Å². The molecule has 0 bridgehead atoms. The standard InChI is InChI=1S/C23H23F2N3O/c1-28(22(29)23(12-13-23)17-6-10-19(25)11-7-17)14-2-3-20-15-21(27-26-20)16-4-8-18(24)9-5-16/h4-11,15H,2-3,12-14H2,1H3,(H,26,27). The zero-order valence-corrected chi connectivity index (χ0v) is 16.3. The minimum Gasteiger partial charge on any atom is -0.345 e. The molecule has 0 saturated heterocycles. The predicted molar refractivity (Wildman–Crippen MR) is 107 cm³/mol. The van der Waals surface area contributed by atoms with Crippen molar-refractivity contribution in [2.45, 2.75) is 31.1 Å². The Balaban J connectivity index is 1.32. The first-order valence-corrected chi connectivity index (χ1v) is 9.80. The monoisotopic (exact) mass is 395 g/mol. The van der Waals surface area contributed by atoms with E-state index in [-0.39, 0.29) is 17.5 Å². The van der Waals surface area contributed by atoms with Crippen molar-refractivity contribution in [2.24, 2.45) is 0 Å². The molecule has 0 unspecified atom stereocenters. The van der Waals surface area contributed by atoms with Gasteiger partial charge in [-0.2, -0.15) is 5.10 Å². The van der Waals surface area contributed by atoms with Gasteiger partial charge < -0.3 is 4.90 Å². The molecule has 1 heterocycles. The topological polar surface area (TPSA) is 49.0 Å². The normalized spacial score (nSPS) is 14.6. The lowest BCUT2D eigenvalue weighted by Crippen LogP contribution is -2.37. The average Bonchev–Trinajstić information content (AvgIpc) is 3.40. The molecular weight excluding hydrogens is 372 g/mol. The summed E-state index contributed by atoms with van der Waals surface area (Å²) in [6, 6.07) is 14.5. The summed E-state index contributed by atoms with van der Waals surface area (Å²) >= 11 is 0. The van der Waals surface area contributed by atoms with Crippen LogP contribution < -0.4 is 0 Å². The maximum Gasteiger partial charge on any atom is 0.232 e. The van der Waals surface area contributed by atoms with Crippen LogP contribution in [0.1, 0.15) is 30.5 Å². The molecule has 4 nitrogen and oxygen atoms in total. The van der Waals surface area contributed by atoms with Crippen LogP contribution in [0, 0.1) is 11.6 Å². The second-order valence-corrected chi connectivity index (χ2v) is 7.70. The lowest BCUT2D eigenvalue weighted by Gasteiger charge is -2.24. The average molecular weight is 395 g/mol. The Morgan fingerprint density at radius 1 is 1.07 bits per heavy atom. The van der Waals surface area contributed by atoms with Crippen LogP contribution in [0.15, 0.2) is 54.6 Å². The Morgan fingerprint density at radius 2 is 1.69 bits per heavy atom. The van der Waals surface area contributed by atoms with Crippen LogP contribution in [0.25, 0.3) is 11.3 Å². The number of amides is 1. The third-order valence-electron chi connectivity index (χ3n) is 5.61. The van der Waals surface area contributed by atoms with Gasteiger partial charge in [0, 0.05) is 24.8 Å². The fourth-order valence-corrected chi connectivity index (χ4v) is 3.75. The molecule has 1 aliphatic rings. The fraction of sp³-hybridized carbons (Fsp3) is 0.304. The first-order chi connectivity index (χ1) is 14.0. The molecule has 3 aromatic rings. The molecule has 0 radical (unpaired) electrons. The molecule has 1 aromatic heterocycles. The summed E-state index contributed by atoms with van der Waals surface area (Å²) in [6.45, 7) is 0.632. The number of carbonyl (C=O) groups excluding carboxylic acids is 1. The second-order valence-electron chi connectivity index (χ2n) is 7.70. The highest BCUT2D eigenvalue weighted by molar-refractivity contribution is 5.91. The van der Waals surface area contributed by atoms with Crippen LogP contribution in [-0.4, -0.2) is 34.6 Å². The smallest absolute Gasteiger partial charge is 0.232 e. The molecule has 1 saturated carbocycles. The second kappa shape index (κ2) is 7.78. The van der Waals surface area contributed by atoms with Gasteiger partial charge in [0.05, 0.1) is 11.1 Å². The van der Waals surface area contributed by atoms with E-state index in [9.17, 15) is 13.6 Å². The summed E-state index contributed by atoms with van der Waals surface area (Å²) in [5.41, 5.74) is 3.03. The summed E-state index contributed by atoms with van der Waals surface area (Å²) in [6.07, 6.45) is 3.18. The number of H-pyrrole nitrogens is 1. The number of benzene rings is 2. The van der Waals surface area contributed by atoms with E-state index in [0.717, 1.165) is 48.2 Å². The number of hydrogen-bond donors (Lipinski definition) is 1. The van der Waals surface area contributed by atoms with Crippen LogP contribution in [0.2, 0.25) is 0 Å². The third kappa shape index (κ3) is 4.06. The minimum atomic E-state index is -0.480. The predicted octanol–water partition coefficient (Wildman–Crippen LogP) is 4.48. The number of aryl methyl sites for hydroxylation is 1. The van der Waals surface area contributed by atoms with Crippen LogP contribution in [0.5, 0.6) is 0 Å². The van der Waals surface area contributed by atoms with Crippen molar-refractivity contribution in [3.63, 3.8) is 0 Å². The van der Waals surface area contributed by atoms with Crippen molar-refractivity contribution in [3.05, 3.63) is 77.5 Å². The van der Waals surface area contributed by atoms with Crippen LogP contribution in [0.3, 0.4) is 0 Å². The highest BCUT2D eigenvalue weighted by atomic mass is 19.1. The molecule has 1 amide bonds. The number of likely N-dealkylation sites (N-methyl/N-ethyl adjacent to an activating group) is 1. The lowest BCUT2D eigenvalue weighted by atomic mass is 9.94. The lowest BCUT2D eigenvalue weighted by molar-refractivity contribution is -0.132. The zero-order chi connectivity index (χ0) is 20.4. The van der Waals surface area contributed by atoms with Gasteiger partial charge in [-0.1, -0.05) is 12.1 Å². The van der Waals surface area contributed by atoms with Gasteiger partial charge in [0.2, 0.25) is 5.91 Å². The number of hydrogen-bond acceptors (Lipinski definition) is 2. The molecule has 0 aliphatic heterocycles. The van der Waals surface area contributed by atoms with Crippen molar-refractivity contribution >= 4 is 5.91 Å². The zero-order valence-electron chi connectivity index (χ0n) is 16.3. The van der Waals surface area contributed by atoms with Crippen molar-refractivity contribution in [2.75, 3.05) is 13.6 Å². The molecule has 6 heteroatoms. The Kier molecular flexibility index (Phi) is 5.18. The van der Waals surface area contributed by atoms with Crippen LogP contribution in [-0.2, 0) is 16.6 Å². The van der Waals surface area contributed by atoms with E-state index in [1.807, 2.05) is 13.1 Å². The molecule has 1 aliphatic carbocycles. The summed E-state index contributed by atoms with van der Waals surface area (Å²) in [4.78, 5) is 14.7. The largest absolute Gasteiger partial charge is 0.345 e. The maximum atomic E-state index is 13.2. The van der Waals surface area contributed by atoms with Gasteiger partial charge in [-0.05, 0) is 73.7 Å². The number of aromatic nitrogens is 2. The van der Waals surface area contributed by atoms with Crippen LogP contribution >= 0.6 is 0 Å². The molecule has 2 aromatic carbocycles. The van der Waals surface area contributed by atoms with Crippen molar-refractivity contribution < 1.29 is 13.6 Å². The van der Waals surface area contributed by atoms with Gasteiger partial charge in [-0.25, -0.2) is 8.78 Å². The quantitative estimate of drug-likeness (QED) is 0.641. The Labute approximate surface area is 168 Å². The Hall–Kier alpha value is -3.02. The molecule has 1 N–H and O–H groups in total. The van der Waals surface area contributed by atoms with E-state index in [2.05, 4.69) is 10.2 Å². The molecule has 29 heavy (non-hydrogen) atoms. The van der Waals surface area contributed by atoms with Gasteiger partial charge >= 0.3 is 0 Å². The van der Waals surface area contributed by atoms with E-state index in [4.69, 9.17) is 0 Å². The van der Waals surface area contributed by atoms with Gasteiger partial charge in [0.1, 0.15) is 11.6 Å². The van der Waals surface area contributed by atoms with E-state index in [1.54, 1.807) is 29.2 Å². The highest BCUT2D eigenvalue weighted by Crippen LogP contribution is 2.49. The minimum absolute atomic E-state index is 0.0979. The molecule has 0 atom stereocenters. The first kappa shape index (κ1) is 19.3. The first-order valence-electron chi connectivity index (χ1n) is 9.80. The molecule has 1 fully saturated rings. The number of nitrogens with one attached hydrogen (secondary N) is 1. The molecule has 0 spiro atoms. The highest BCUT2D eigenvalue weighted by Gasteiger charge is 2.52. The van der Waals surface area contributed by atoms with Gasteiger partial charge in [-0.15, -0.1) is 0 Å². The van der Waals surface area contributed by atoms with E-state index in [1.165, 1.54) is 24.3 Å². The van der Waals surface area contributed by atoms with Gasteiger partial charge in [0.15, 0.2) is 0 Å². The van der Waals surface area contributed by atoms with Gasteiger partial charge in [0.25, 0.3) is 0 Å². The van der Waals surface area contributed by atoms with E-state index >= 15 is 0 Å².